The second-order valence-corrected chi connectivity index (χ2v) is 4.73. The Morgan fingerprint density at radius 1 is 1.40 bits per heavy atom. The molecule has 0 unspecified atom stereocenters. The summed E-state index contributed by atoms with van der Waals surface area (Å²) in [5.41, 5.74) is 0.307. The second kappa shape index (κ2) is 5.57. The van der Waals surface area contributed by atoms with Crippen molar-refractivity contribution in [2.75, 3.05) is 0 Å². The Kier molecular flexibility index (Phi) is 3.85. The molecule has 102 valence electrons. The van der Waals surface area contributed by atoms with E-state index in [2.05, 4.69) is 16.5 Å². The van der Waals surface area contributed by atoms with Crippen LogP contribution in [0.4, 0.5) is 0 Å². The van der Waals surface area contributed by atoms with Gasteiger partial charge in [0.05, 0.1) is 11.8 Å². The predicted molar refractivity (Wildman–Crippen MR) is 75.3 cm³/mol. The lowest BCUT2D eigenvalue weighted by atomic mass is 10.0. The van der Waals surface area contributed by atoms with Crippen LogP contribution < -0.4 is 5.32 Å². The molecule has 5 heteroatoms. The molecule has 0 radical (unpaired) electrons. The van der Waals surface area contributed by atoms with Crippen LogP contribution in [0.25, 0.3) is 5.69 Å². The van der Waals surface area contributed by atoms with Crippen molar-refractivity contribution in [1.29, 1.82) is 5.26 Å². The zero-order chi connectivity index (χ0) is 14.6. The second-order valence-electron chi connectivity index (χ2n) is 4.73. The first-order valence-electron chi connectivity index (χ1n) is 6.43. The Morgan fingerprint density at radius 3 is 2.70 bits per heavy atom. The fraction of sp³-hybridized carbons (Fsp3) is 0.267. The zero-order valence-electron chi connectivity index (χ0n) is 11.5. The van der Waals surface area contributed by atoms with Gasteiger partial charge in [-0.05, 0) is 31.5 Å². The molecular formula is C15H16N4O. The van der Waals surface area contributed by atoms with Crippen LogP contribution in [-0.2, 0) is 0 Å². The van der Waals surface area contributed by atoms with Gasteiger partial charge in [-0.15, -0.1) is 0 Å². The number of hydrogen-bond acceptors (Lipinski definition) is 3. The number of nitrogens with one attached hydrogen (secondary N) is 1. The maximum absolute atomic E-state index is 12.1. The molecule has 1 amide bonds. The highest BCUT2D eigenvalue weighted by Crippen LogP contribution is 2.10. The highest BCUT2D eigenvalue weighted by Gasteiger charge is 2.25. The summed E-state index contributed by atoms with van der Waals surface area (Å²) in [6.07, 6.45) is 2.26. The molecule has 1 aromatic carbocycles. The third-order valence-electron chi connectivity index (χ3n) is 3.19. The number of carbonyl (C=O) groups excluding carboxylic acids is 1. The molecular weight excluding hydrogens is 252 g/mol. The largest absolute Gasteiger partial charge is 0.333 e. The summed E-state index contributed by atoms with van der Waals surface area (Å²) in [6.45, 7) is 3.55. The molecule has 1 N–H and O–H groups in total. The van der Waals surface area contributed by atoms with Gasteiger partial charge in [0.2, 0.25) is 0 Å². The molecule has 0 aliphatic carbocycles. The van der Waals surface area contributed by atoms with Gasteiger partial charge < -0.3 is 5.32 Å². The molecule has 1 heterocycles. The molecule has 0 aliphatic heterocycles. The minimum absolute atomic E-state index is 0.295. The topological polar surface area (TPSA) is 70.7 Å². The van der Waals surface area contributed by atoms with E-state index >= 15 is 0 Å². The van der Waals surface area contributed by atoms with Crippen molar-refractivity contribution < 1.29 is 4.79 Å². The van der Waals surface area contributed by atoms with Crippen molar-refractivity contribution in [3.63, 3.8) is 0 Å². The maximum Gasteiger partial charge on any atom is 0.273 e. The number of carbonyl (C=O) groups is 1. The van der Waals surface area contributed by atoms with Gasteiger partial charge in [-0.2, -0.15) is 10.4 Å². The van der Waals surface area contributed by atoms with Crippen LogP contribution >= 0.6 is 0 Å². The van der Waals surface area contributed by atoms with E-state index in [4.69, 9.17) is 5.26 Å². The van der Waals surface area contributed by atoms with Gasteiger partial charge in [-0.1, -0.05) is 25.1 Å². The van der Waals surface area contributed by atoms with Crippen LogP contribution in [0.2, 0.25) is 0 Å². The Labute approximate surface area is 117 Å². The minimum atomic E-state index is -0.867. The minimum Gasteiger partial charge on any atom is -0.333 e. The molecule has 2 rings (SSSR count). The van der Waals surface area contributed by atoms with Crippen LogP contribution in [0.5, 0.6) is 0 Å². The SMILES string of the molecule is CC[C@@](C)(C#N)NC(=O)c1ccn(-c2ccccc2)n1. The van der Waals surface area contributed by atoms with Crippen LogP contribution in [0, 0.1) is 11.3 Å². The van der Waals surface area contributed by atoms with E-state index in [1.165, 1.54) is 0 Å². The number of aromatic nitrogens is 2. The molecule has 0 bridgehead atoms. The molecule has 1 atom stereocenters. The van der Waals surface area contributed by atoms with Crippen molar-refractivity contribution in [3.05, 3.63) is 48.3 Å². The molecule has 5 nitrogen and oxygen atoms in total. The van der Waals surface area contributed by atoms with E-state index < -0.39 is 5.54 Å². The molecule has 20 heavy (non-hydrogen) atoms. The number of nitriles is 1. The summed E-state index contributed by atoms with van der Waals surface area (Å²) in [5.74, 6) is -0.342. The van der Waals surface area contributed by atoms with E-state index in [-0.39, 0.29) is 5.91 Å². The molecule has 2 aromatic rings. The molecule has 0 aliphatic rings. The number of para-hydroxylation sites is 1. The summed E-state index contributed by atoms with van der Waals surface area (Å²) >= 11 is 0. The monoisotopic (exact) mass is 268 g/mol. The normalized spacial score (nSPS) is 13.2. The van der Waals surface area contributed by atoms with E-state index in [1.807, 2.05) is 37.3 Å². The zero-order valence-corrected chi connectivity index (χ0v) is 11.5. The fourth-order valence-corrected chi connectivity index (χ4v) is 1.68. The number of nitrogens with zero attached hydrogens (tertiary/aromatic N) is 3. The van der Waals surface area contributed by atoms with Gasteiger partial charge >= 0.3 is 0 Å². The number of amides is 1. The predicted octanol–water partition coefficient (Wildman–Crippen LogP) is 2.29. The van der Waals surface area contributed by atoms with Crippen LogP contribution in [-0.4, -0.2) is 21.2 Å². The highest BCUT2D eigenvalue weighted by molar-refractivity contribution is 5.93. The Morgan fingerprint density at radius 2 is 2.10 bits per heavy atom. The van der Waals surface area contributed by atoms with Gasteiger partial charge in [-0.3, -0.25) is 4.79 Å². The quantitative estimate of drug-likeness (QED) is 0.924. The Hall–Kier alpha value is -2.61. The first kappa shape index (κ1) is 13.8. The molecule has 0 saturated carbocycles. The van der Waals surface area contributed by atoms with Crippen LogP contribution in [0.1, 0.15) is 30.8 Å². The van der Waals surface area contributed by atoms with Crippen LogP contribution in [0.15, 0.2) is 42.6 Å². The third kappa shape index (κ3) is 2.86. The lowest BCUT2D eigenvalue weighted by molar-refractivity contribution is 0.0917. The highest BCUT2D eigenvalue weighted by atomic mass is 16.2. The average molecular weight is 268 g/mol. The van der Waals surface area contributed by atoms with Gasteiger partial charge in [-0.25, -0.2) is 4.68 Å². The Balaban J connectivity index is 2.18. The van der Waals surface area contributed by atoms with E-state index in [0.717, 1.165) is 5.69 Å². The van der Waals surface area contributed by atoms with Gasteiger partial charge in [0.25, 0.3) is 5.91 Å². The summed E-state index contributed by atoms with van der Waals surface area (Å²) in [7, 11) is 0. The molecule has 0 fully saturated rings. The molecule has 0 saturated heterocycles. The lowest BCUT2D eigenvalue weighted by Gasteiger charge is -2.20. The van der Waals surface area contributed by atoms with Crippen molar-refractivity contribution in [2.24, 2.45) is 0 Å². The summed E-state index contributed by atoms with van der Waals surface area (Å²) in [4.78, 5) is 12.1. The number of hydrogen-bond donors (Lipinski definition) is 1. The fourth-order valence-electron chi connectivity index (χ4n) is 1.68. The van der Waals surface area contributed by atoms with E-state index in [1.54, 1.807) is 23.9 Å². The summed E-state index contributed by atoms with van der Waals surface area (Å²) in [6, 6.07) is 13.3. The number of benzene rings is 1. The summed E-state index contributed by atoms with van der Waals surface area (Å²) < 4.78 is 1.63. The molecule has 0 spiro atoms. The van der Waals surface area contributed by atoms with E-state index in [9.17, 15) is 4.79 Å². The average Bonchev–Trinajstić information content (AvgIpc) is 2.98. The van der Waals surface area contributed by atoms with Crippen molar-refractivity contribution in [3.8, 4) is 11.8 Å². The maximum atomic E-state index is 12.1. The van der Waals surface area contributed by atoms with Crippen molar-refractivity contribution >= 4 is 5.91 Å². The molecule has 1 aromatic heterocycles. The van der Waals surface area contributed by atoms with Crippen molar-refractivity contribution in [2.45, 2.75) is 25.8 Å². The third-order valence-corrected chi connectivity index (χ3v) is 3.19. The number of rotatable bonds is 4. The lowest BCUT2D eigenvalue weighted by Crippen LogP contribution is -2.44. The summed E-state index contributed by atoms with van der Waals surface area (Å²) in [5, 5.41) is 16.0. The van der Waals surface area contributed by atoms with E-state index in [0.29, 0.717) is 12.1 Å². The first-order chi connectivity index (χ1) is 9.58. The first-order valence-corrected chi connectivity index (χ1v) is 6.43. The van der Waals surface area contributed by atoms with Crippen molar-refractivity contribution in [1.82, 2.24) is 15.1 Å². The van der Waals surface area contributed by atoms with Gasteiger partial charge in [0, 0.05) is 6.20 Å². The standard InChI is InChI=1S/C15H16N4O/c1-3-15(2,11-16)17-14(20)13-9-10-19(18-13)12-7-5-4-6-8-12/h4-10H,3H2,1-2H3,(H,17,20)/t15-/m0/s1. The smallest absolute Gasteiger partial charge is 0.273 e. The van der Waals surface area contributed by atoms with Gasteiger partial charge in [0.1, 0.15) is 5.54 Å². The van der Waals surface area contributed by atoms with Gasteiger partial charge in [0.15, 0.2) is 5.69 Å². The van der Waals surface area contributed by atoms with Crippen LogP contribution in [0.3, 0.4) is 0 Å². The Bertz CT molecular complexity index is 641.